The highest BCUT2D eigenvalue weighted by molar-refractivity contribution is 7.89. The van der Waals surface area contributed by atoms with Crippen molar-refractivity contribution in [1.82, 2.24) is 19.4 Å². The summed E-state index contributed by atoms with van der Waals surface area (Å²) in [4.78, 5) is 17.7. The van der Waals surface area contributed by atoms with Crippen molar-refractivity contribution >= 4 is 27.4 Å². The molecule has 5 rings (SSSR count). The van der Waals surface area contributed by atoms with Gasteiger partial charge in [-0.25, -0.2) is 8.42 Å². The van der Waals surface area contributed by atoms with Gasteiger partial charge in [-0.3, -0.25) is 9.89 Å². The highest BCUT2D eigenvalue weighted by Gasteiger charge is 2.34. The lowest BCUT2D eigenvalue weighted by molar-refractivity contribution is 0.102. The van der Waals surface area contributed by atoms with Crippen molar-refractivity contribution in [2.45, 2.75) is 18.0 Å². The van der Waals surface area contributed by atoms with E-state index in [2.05, 4.69) is 32.4 Å². The predicted octanol–water partition coefficient (Wildman–Crippen LogP) is 2.13. The van der Waals surface area contributed by atoms with Crippen LogP contribution in [-0.4, -0.2) is 74.1 Å². The predicted molar refractivity (Wildman–Crippen MR) is 132 cm³/mol. The Hall–Kier alpha value is -3.41. The molecule has 0 radical (unpaired) electrons. The summed E-state index contributed by atoms with van der Waals surface area (Å²) >= 11 is 0. The molecule has 3 aromatic rings. The molecule has 0 saturated carbocycles. The minimum absolute atomic E-state index is 0.123. The van der Waals surface area contributed by atoms with Crippen molar-refractivity contribution in [2.75, 3.05) is 50.6 Å². The molecule has 0 aliphatic carbocycles. The molecule has 2 aromatic carbocycles. The number of ether oxygens (including phenoxy) is 1. The van der Waals surface area contributed by atoms with Gasteiger partial charge in [0.25, 0.3) is 5.91 Å². The normalized spacial score (nSPS) is 16.8. The molecular weight excluding hydrogens is 468 g/mol. The SMILES string of the molecule is COc1ccc(S(=O)(=O)N2Cc3[nH]nc(NC(=O)c4ccc(N5CCN(C)CC5)cc4)c3C2)cc1. The number of carbonyl (C=O) groups excluding carboxylic acids is 1. The highest BCUT2D eigenvalue weighted by Crippen LogP contribution is 2.32. The van der Waals surface area contributed by atoms with Gasteiger partial charge < -0.3 is 19.9 Å². The van der Waals surface area contributed by atoms with Crippen LogP contribution >= 0.6 is 0 Å². The molecule has 1 saturated heterocycles. The van der Waals surface area contributed by atoms with Crippen LogP contribution in [0.1, 0.15) is 21.6 Å². The average Bonchev–Trinajstić information content (AvgIpc) is 3.47. The molecule has 0 spiro atoms. The summed E-state index contributed by atoms with van der Waals surface area (Å²) in [5.41, 5.74) is 2.95. The summed E-state index contributed by atoms with van der Waals surface area (Å²) in [6.07, 6.45) is 0. The lowest BCUT2D eigenvalue weighted by Crippen LogP contribution is -2.44. The zero-order valence-corrected chi connectivity index (χ0v) is 20.5. The molecule has 10 nitrogen and oxygen atoms in total. The third-order valence-electron chi connectivity index (χ3n) is 6.55. The molecular formula is C24H28N6O4S. The smallest absolute Gasteiger partial charge is 0.256 e. The highest BCUT2D eigenvalue weighted by atomic mass is 32.2. The number of carbonyl (C=O) groups is 1. The van der Waals surface area contributed by atoms with E-state index in [0.717, 1.165) is 31.9 Å². The van der Waals surface area contributed by atoms with E-state index in [1.54, 1.807) is 24.3 Å². The number of hydrogen-bond acceptors (Lipinski definition) is 7. The Bertz CT molecular complexity index is 1310. The van der Waals surface area contributed by atoms with Gasteiger partial charge in [0, 0.05) is 49.5 Å². The van der Waals surface area contributed by atoms with Gasteiger partial charge in [-0.15, -0.1) is 0 Å². The van der Waals surface area contributed by atoms with E-state index in [1.807, 2.05) is 12.1 Å². The summed E-state index contributed by atoms with van der Waals surface area (Å²) in [7, 11) is -0.0637. The van der Waals surface area contributed by atoms with Gasteiger partial charge in [0.2, 0.25) is 10.0 Å². The largest absolute Gasteiger partial charge is 0.497 e. The van der Waals surface area contributed by atoms with Crippen molar-refractivity contribution in [3.8, 4) is 5.75 Å². The lowest BCUT2D eigenvalue weighted by atomic mass is 10.1. The van der Waals surface area contributed by atoms with E-state index < -0.39 is 10.0 Å². The zero-order chi connectivity index (χ0) is 24.6. The molecule has 2 aliphatic heterocycles. The van der Waals surface area contributed by atoms with Crippen molar-refractivity contribution in [1.29, 1.82) is 0 Å². The van der Waals surface area contributed by atoms with E-state index in [1.165, 1.54) is 23.5 Å². The summed E-state index contributed by atoms with van der Waals surface area (Å²) in [5.74, 6) is 0.641. The van der Waals surface area contributed by atoms with E-state index >= 15 is 0 Å². The molecule has 1 amide bonds. The van der Waals surface area contributed by atoms with Crippen LogP contribution in [0.25, 0.3) is 0 Å². The molecule has 0 bridgehead atoms. The minimum Gasteiger partial charge on any atom is -0.497 e. The van der Waals surface area contributed by atoms with Gasteiger partial charge in [-0.2, -0.15) is 9.40 Å². The molecule has 3 heterocycles. The number of anilines is 2. The second-order valence-electron chi connectivity index (χ2n) is 8.77. The Kier molecular flexibility index (Phi) is 6.22. The van der Waals surface area contributed by atoms with Crippen LogP contribution in [0.5, 0.6) is 5.75 Å². The van der Waals surface area contributed by atoms with E-state index in [-0.39, 0.29) is 23.9 Å². The van der Waals surface area contributed by atoms with Crippen LogP contribution < -0.4 is 15.0 Å². The molecule has 2 aliphatic rings. The number of likely N-dealkylation sites (N-methyl/N-ethyl adjacent to an activating group) is 1. The Labute approximate surface area is 204 Å². The van der Waals surface area contributed by atoms with Gasteiger partial charge in [0.05, 0.1) is 24.2 Å². The Balaban J connectivity index is 1.26. The number of methoxy groups -OCH3 is 1. The fraction of sp³-hybridized carbons (Fsp3) is 0.333. The second-order valence-corrected chi connectivity index (χ2v) is 10.7. The van der Waals surface area contributed by atoms with Crippen LogP contribution in [-0.2, 0) is 23.1 Å². The topological polar surface area (TPSA) is 111 Å². The summed E-state index contributed by atoms with van der Waals surface area (Å²) in [5, 5.41) is 9.91. The van der Waals surface area contributed by atoms with E-state index in [9.17, 15) is 13.2 Å². The van der Waals surface area contributed by atoms with Gasteiger partial charge >= 0.3 is 0 Å². The molecule has 184 valence electrons. The summed E-state index contributed by atoms with van der Waals surface area (Å²) in [6.45, 7) is 4.22. The van der Waals surface area contributed by atoms with Crippen molar-refractivity contribution < 1.29 is 17.9 Å². The Morgan fingerprint density at radius 3 is 2.34 bits per heavy atom. The maximum Gasteiger partial charge on any atom is 0.256 e. The third kappa shape index (κ3) is 4.62. The number of nitrogens with zero attached hydrogens (tertiary/aromatic N) is 4. The fourth-order valence-corrected chi connectivity index (χ4v) is 5.73. The van der Waals surface area contributed by atoms with Gasteiger partial charge in [0.1, 0.15) is 5.75 Å². The number of nitrogens with one attached hydrogen (secondary N) is 2. The minimum atomic E-state index is -3.71. The molecule has 35 heavy (non-hydrogen) atoms. The zero-order valence-electron chi connectivity index (χ0n) is 19.7. The number of piperazine rings is 1. The first kappa shape index (κ1) is 23.3. The van der Waals surface area contributed by atoms with Crippen molar-refractivity contribution in [3.05, 3.63) is 65.4 Å². The van der Waals surface area contributed by atoms with Crippen LogP contribution in [0.4, 0.5) is 11.5 Å². The number of aromatic amines is 1. The van der Waals surface area contributed by atoms with Gasteiger partial charge in [-0.05, 0) is 55.6 Å². The second kappa shape index (κ2) is 9.33. The van der Waals surface area contributed by atoms with Crippen molar-refractivity contribution in [3.63, 3.8) is 0 Å². The number of rotatable bonds is 6. The maximum atomic E-state index is 13.1. The number of hydrogen-bond donors (Lipinski definition) is 2. The lowest BCUT2D eigenvalue weighted by Gasteiger charge is -2.34. The first-order valence-corrected chi connectivity index (χ1v) is 12.8. The van der Waals surface area contributed by atoms with Crippen LogP contribution in [0.15, 0.2) is 53.4 Å². The molecule has 1 fully saturated rings. The van der Waals surface area contributed by atoms with Gasteiger partial charge in [-0.1, -0.05) is 0 Å². The first-order valence-electron chi connectivity index (χ1n) is 11.4. The van der Waals surface area contributed by atoms with Crippen LogP contribution in [0, 0.1) is 0 Å². The van der Waals surface area contributed by atoms with Crippen molar-refractivity contribution in [2.24, 2.45) is 0 Å². The number of sulfonamides is 1. The standard InChI is InChI=1S/C24H28N6O4S/c1-28-11-13-29(14-12-28)18-5-3-17(4-6-18)24(31)25-23-21-15-30(16-22(21)26-27-23)35(32,33)20-9-7-19(34-2)8-10-20/h3-10H,11-16H2,1-2H3,(H2,25,26,27,31). The number of amides is 1. The summed E-state index contributed by atoms with van der Waals surface area (Å²) in [6, 6.07) is 13.8. The maximum absolute atomic E-state index is 13.1. The first-order chi connectivity index (χ1) is 16.8. The molecule has 0 unspecified atom stereocenters. The Morgan fingerprint density at radius 1 is 1.00 bits per heavy atom. The Morgan fingerprint density at radius 2 is 1.69 bits per heavy atom. The average molecular weight is 497 g/mol. The van der Waals surface area contributed by atoms with E-state index in [0.29, 0.717) is 28.4 Å². The summed E-state index contributed by atoms with van der Waals surface area (Å²) < 4.78 is 32.7. The quantitative estimate of drug-likeness (QED) is 0.538. The van der Waals surface area contributed by atoms with E-state index in [4.69, 9.17) is 4.74 Å². The monoisotopic (exact) mass is 496 g/mol. The number of aromatic nitrogens is 2. The number of fused-ring (bicyclic) bond motifs is 1. The molecule has 11 heteroatoms. The van der Waals surface area contributed by atoms with Crippen LogP contribution in [0.3, 0.4) is 0 Å². The third-order valence-corrected chi connectivity index (χ3v) is 8.35. The number of H-pyrrole nitrogens is 1. The molecule has 2 N–H and O–H groups in total. The molecule has 1 aromatic heterocycles. The fourth-order valence-electron chi connectivity index (χ4n) is 4.35. The van der Waals surface area contributed by atoms with Gasteiger partial charge in [0.15, 0.2) is 5.82 Å². The van der Waals surface area contributed by atoms with Crippen LogP contribution in [0.2, 0.25) is 0 Å². The molecule has 0 atom stereocenters. The number of benzene rings is 2.